The van der Waals surface area contributed by atoms with Crippen molar-refractivity contribution in [3.05, 3.63) is 30.1 Å². The predicted octanol–water partition coefficient (Wildman–Crippen LogP) is 1.79. The molecule has 1 heterocycles. The van der Waals surface area contributed by atoms with E-state index in [0.717, 1.165) is 25.7 Å². The first-order chi connectivity index (χ1) is 11.1. The van der Waals surface area contributed by atoms with Crippen molar-refractivity contribution in [1.82, 2.24) is 15.6 Å². The number of ether oxygens (including phenoxy) is 1. The second-order valence-corrected chi connectivity index (χ2v) is 5.59. The van der Waals surface area contributed by atoms with Gasteiger partial charge < -0.3 is 10.1 Å². The summed E-state index contributed by atoms with van der Waals surface area (Å²) in [6, 6.07) is 2.69. The van der Waals surface area contributed by atoms with E-state index in [1.54, 1.807) is 6.07 Å². The first-order valence-corrected chi connectivity index (χ1v) is 7.78. The molecule has 0 saturated heterocycles. The Morgan fingerprint density at radius 3 is 2.65 bits per heavy atom. The van der Waals surface area contributed by atoms with Gasteiger partial charge in [0.15, 0.2) is 6.10 Å². The van der Waals surface area contributed by atoms with Gasteiger partial charge in [-0.25, -0.2) is 9.59 Å². The van der Waals surface area contributed by atoms with E-state index in [2.05, 4.69) is 15.6 Å². The van der Waals surface area contributed by atoms with Crippen LogP contribution in [0.4, 0.5) is 4.79 Å². The molecule has 0 radical (unpaired) electrons. The number of aromatic nitrogens is 1. The number of hydrogen-bond donors (Lipinski definition) is 2. The first kappa shape index (κ1) is 16.9. The summed E-state index contributed by atoms with van der Waals surface area (Å²) in [7, 11) is 0. The molecule has 1 fully saturated rings. The maximum Gasteiger partial charge on any atom is 0.340 e. The summed E-state index contributed by atoms with van der Waals surface area (Å²) in [6.07, 6.45) is 7.00. The molecule has 7 nitrogen and oxygen atoms in total. The third-order valence-corrected chi connectivity index (χ3v) is 3.73. The van der Waals surface area contributed by atoms with E-state index in [0.29, 0.717) is 0 Å². The Morgan fingerprint density at radius 1 is 1.26 bits per heavy atom. The second-order valence-electron chi connectivity index (χ2n) is 5.59. The van der Waals surface area contributed by atoms with Crippen LogP contribution >= 0.6 is 0 Å². The predicted molar refractivity (Wildman–Crippen MR) is 82.7 cm³/mol. The monoisotopic (exact) mass is 319 g/mol. The highest BCUT2D eigenvalue weighted by atomic mass is 16.5. The lowest BCUT2D eigenvalue weighted by molar-refractivity contribution is -0.127. The molecule has 0 aliphatic heterocycles. The molecule has 0 spiro atoms. The van der Waals surface area contributed by atoms with Crippen LogP contribution in [0, 0.1) is 0 Å². The summed E-state index contributed by atoms with van der Waals surface area (Å²) in [5.41, 5.74) is 0.249. The van der Waals surface area contributed by atoms with Crippen LogP contribution in [0.25, 0.3) is 0 Å². The fourth-order valence-electron chi connectivity index (χ4n) is 2.45. The maximum atomic E-state index is 11.9. The molecule has 1 atom stereocenters. The van der Waals surface area contributed by atoms with Gasteiger partial charge in [0, 0.05) is 18.4 Å². The number of carbonyl (C=O) groups is 3. The van der Waals surface area contributed by atoms with E-state index in [4.69, 9.17) is 4.74 Å². The van der Waals surface area contributed by atoms with Crippen LogP contribution in [-0.2, 0) is 9.53 Å². The zero-order valence-corrected chi connectivity index (χ0v) is 13.1. The first-order valence-electron chi connectivity index (χ1n) is 7.78. The number of carbonyl (C=O) groups excluding carboxylic acids is 3. The standard InChI is InChI=1S/C16H21N3O4/c1-11(23-15(21)12-6-5-9-17-10-12)14(20)19-16(22)18-13-7-3-2-4-8-13/h5-6,9-11,13H,2-4,7-8H2,1H3,(H2,18,19,20,22)/t11-/m1/s1. The van der Waals surface area contributed by atoms with Gasteiger partial charge in [-0.2, -0.15) is 0 Å². The molecular formula is C16H21N3O4. The molecule has 1 aromatic rings. The van der Waals surface area contributed by atoms with Crippen molar-refractivity contribution >= 4 is 17.9 Å². The summed E-state index contributed by atoms with van der Waals surface area (Å²) in [4.78, 5) is 39.3. The SMILES string of the molecule is C[C@@H](OC(=O)c1cccnc1)C(=O)NC(=O)NC1CCCCC1. The maximum absolute atomic E-state index is 11.9. The van der Waals surface area contributed by atoms with E-state index < -0.39 is 24.0 Å². The smallest absolute Gasteiger partial charge is 0.340 e. The van der Waals surface area contributed by atoms with Crippen LogP contribution in [-0.4, -0.2) is 35.0 Å². The van der Waals surface area contributed by atoms with Crippen molar-refractivity contribution < 1.29 is 19.1 Å². The number of nitrogens with one attached hydrogen (secondary N) is 2. The Morgan fingerprint density at radius 2 is 2.00 bits per heavy atom. The number of hydrogen-bond acceptors (Lipinski definition) is 5. The Hall–Kier alpha value is -2.44. The topological polar surface area (TPSA) is 97.4 Å². The molecule has 7 heteroatoms. The zero-order chi connectivity index (χ0) is 16.7. The van der Waals surface area contributed by atoms with Crippen LogP contribution in [0.1, 0.15) is 49.4 Å². The lowest BCUT2D eigenvalue weighted by Crippen LogP contribution is -2.48. The van der Waals surface area contributed by atoms with Gasteiger partial charge in [0.1, 0.15) is 0 Å². The largest absolute Gasteiger partial charge is 0.449 e. The average Bonchev–Trinajstić information content (AvgIpc) is 2.56. The number of esters is 1. The molecule has 23 heavy (non-hydrogen) atoms. The van der Waals surface area contributed by atoms with E-state index in [-0.39, 0.29) is 11.6 Å². The molecule has 2 N–H and O–H groups in total. The van der Waals surface area contributed by atoms with Crippen LogP contribution < -0.4 is 10.6 Å². The number of pyridine rings is 1. The Balaban J connectivity index is 1.77. The van der Waals surface area contributed by atoms with Crippen LogP contribution in [0.15, 0.2) is 24.5 Å². The lowest BCUT2D eigenvalue weighted by Gasteiger charge is -2.23. The number of imide groups is 1. The van der Waals surface area contributed by atoms with Crippen molar-refractivity contribution in [2.24, 2.45) is 0 Å². The van der Waals surface area contributed by atoms with Crippen molar-refractivity contribution in [2.75, 3.05) is 0 Å². The molecule has 1 aliphatic rings. The number of amides is 3. The number of urea groups is 1. The average molecular weight is 319 g/mol. The molecule has 0 aromatic carbocycles. The minimum absolute atomic E-state index is 0.102. The minimum atomic E-state index is -1.07. The number of nitrogens with zero attached hydrogens (tertiary/aromatic N) is 1. The lowest BCUT2D eigenvalue weighted by atomic mass is 9.96. The van der Waals surface area contributed by atoms with Gasteiger partial charge in [-0.15, -0.1) is 0 Å². The quantitative estimate of drug-likeness (QED) is 0.825. The summed E-state index contributed by atoms with van der Waals surface area (Å²) in [5, 5.41) is 4.97. The van der Waals surface area contributed by atoms with Crippen molar-refractivity contribution in [3.63, 3.8) is 0 Å². The van der Waals surface area contributed by atoms with E-state index in [9.17, 15) is 14.4 Å². The molecule has 124 valence electrons. The molecule has 1 aliphatic carbocycles. The van der Waals surface area contributed by atoms with Crippen molar-refractivity contribution in [2.45, 2.75) is 51.2 Å². The zero-order valence-electron chi connectivity index (χ0n) is 13.1. The summed E-state index contributed by atoms with van der Waals surface area (Å²) in [6.45, 7) is 1.41. The van der Waals surface area contributed by atoms with E-state index in [1.807, 2.05) is 0 Å². The van der Waals surface area contributed by atoms with Crippen LogP contribution in [0.2, 0.25) is 0 Å². The normalized spacial score (nSPS) is 16.2. The Labute approximate surface area is 134 Å². The second kappa shape index (κ2) is 8.26. The molecule has 1 saturated carbocycles. The fourth-order valence-corrected chi connectivity index (χ4v) is 2.45. The molecule has 0 bridgehead atoms. The Kier molecular flexibility index (Phi) is 6.08. The fraction of sp³-hybridized carbons (Fsp3) is 0.500. The van der Waals surface area contributed by atoms with Crippen LogP contribution in [0.3, 0.4) is 0 Å². The van der Waals surface area contributed by atoms with E-state index in [1.165, 1.54) is 31.8 Å². The third kappa shape index (κ3) is 5.36. The molecule has 1 aromatic heterocycles. The van der Waals surface area contributed by atoms with Gasteiger partial charge in [-0.1, -0.05) is 19.3 Å². The summed E-state index contributed by atoms with van der Waals surface area (Å²) < 4.78 is 5.02. The summed E-state index contributed by atoms with van der Waals surface area (Å²) >= 11 is 0. The van der Waals surface area contributed by atoms with Gasteiger partial charge in [-0.3, -0.25) is 15.1 Å². The van der Waals surface area contributed by atoms with Gasteiger partial charge in [0.2, 0.25) is 0 Å². The van der Waals surface area contributed by atoms with Gasteiger partial charge in [-0.05, 0) is 31.9 Å². The highest BCUT2D eigenvalue weighted by Gasteiger charge is 2.22. The van der Waals surface area contributed by atoms with Crippen LogP contribution in [0.5, 0.6) is 0 Å². The molecule has 2 rings (SSSR count). The van der Waals surface area contributed by atoms with Gasteiger partial charge in [0.25, 0.3) is 5.91 Å². The molecule has 0 unspecified atom stereocenters. The highest BCUT2D eigenvalue weighted by Crippen LogP contribution is 2.17. The third-order valence-electron chi connectivity index (χ3n) is 3.73. The highest BCUT2D eigenvalue weighted by molar-refractivity contribution is 5.98. The summed E-state index contributed by atoms with van der Waals surface area (Å²) in [5.74, 6) is -1.32. The van der Waals surface area contributed by atoms with Crippen molar-refractivity contribution in [1.29, 1.82) is 0 Å². The number of rotatable bonds is 4. The molecule has 3 amide bonds. The molecular weight excluding hydrogens is 298 g/mol. The van der Waals surface area contributed by atoms with E-state index >= 15 is 0 Å². The van der Waals surface area contributed by atoms with Gasteiger partial charge >= 0.3 is 12.0 Å². The Bertz CT molecular complexity index is 556. The minimum Gasteiger partial charge on any atom is -0.449 e. The van der Waals surface area contributed by atoms with Crippen molar-refractivity contribution in [3.8, 4) is 0 Å². The van der Waals surface area contributed by atoms with Gasteiger partial charge in [0.05, 0.1) is 5.56 Å².